The second-order valence-electron chi connectivity index (χ2n) is 9.91. The molecule has 0 fully saturated rings. The molecule has 0 aliphatic heterocycles. The van der Waals surface area contributed by atoms with E-state index < -0.39 is 0 Å². The van der Waals surface area contributed by atoms with E-state index in [0.29, 0.717) is 11.8 Å². The Hall–Kier alpha value is -4.17. The molecule has 0 saturated carbocycles. The Labute approximate surface area is 210 Å². The number of benzene rings is 5. The first-order valence-electron chi connectivity index (χ1n) is 12.7. The van der Waals surface area contributed by atoms with Crippen LogP contribution >= 0.6 is 0 Å². The first-order valence-corrected chi connectivity index (χ1v) is 12.7. The van der Waals surface area contributed by atoms with Crippen molar-refractivity contribution in [2.24, 2.45) is 5.92 Å². The third-order valence-corrected chi connectivity index (χ3v) is 7.91. The summed E-state index contributed by atoms with van der Waals surface area (Å²) in [5.41, 5.74) is 8.98. The summed E-state index contributed by atoms with van der Waals surface area (Å²) in [7, 11) is 0. The van der Waals surface area contributed by atoms with Gasteiger partial charge in [-0.15, -0.1) is 0 Å². The highest BCUT2D eigenvalue weighted by molar-refractivity contribution is 5.90. The molecule has 0 heterocycles. The van der Waals surface area contributed by atoms with E-state index in [1.165, 1.54) is 56.3 Å². The molecule has 0 aromatic heterocycles. The molecule has 0 saturated heterocycles. The molecule has 5 aromatic carbocycles. The molecule has 3 atom stereocenters. The molecule has 5 aromatic rings. The Kier molecular flexibility index (Phi) is 4.99. The number of fused-ring (bicyclic) bond motifs is 4. The van der Waals surface area contributed by atoms with Gasteiger partial charge in [0.15, 0.2) is 0 Å². The van der Waals surface area contributed by atoms with Gasteiger partial charge >= 0.3 is 0 Å². The minimum Gasteiger partial charge on any atom is -0.378 e. The van der Waals surface area contributed by atoms with Crippen molar-refractivity contribution in [1.82, 2.24) is 0 Å². The lowest BCUT2D eigenvalue weighted by atomic mass is 9.83. The van der Waals surface area contributed by atoms with Crippen LogP contribution in [-0.4, -0.2) is 0 Å². The minimum atomic E-state index is -0.210. The number of nitrogens with one attached hydrogen (secondary N) is 1. The van der Waals surface area contributed by atoms with Gasteiger partial charge in [0.05, 0.1) is 6.04 Å². The quantitative estimate of drug-likeness (QED) is 0.278. The molecule has 2 heteroatoms. The lowest BCUT2D eigenvalue weighted by Crippen LogP contribution is -2.17. The van der Waals surface area contributed by atoms with Crippen LogP contribution in [0.1, 0.15) is 35.1 Å². The fourth-order valence-electron chi connectivity index (χ4n) is 6.32. The van der Waals surface area contributed by atoms with Crippen molar-refractivity contribution < 1.29 is 4.39 Å². The summed E-state index contributed by atoms with van der Waals surface area (Å²) >= 11 is 0. The van der Waals surface area contributed by atoms with Gasteiger partial charge in [0.25, 0.3) is 0 Å². The van der Waals surface area contributed by atoms with Crippen molar-refractivity contribution >= 4 is 22.0 Å². The summed E-state index contributed by atoms with van der Waals surface area (Å²) in [4.78, 5) is 0. The van der Waals surface area contributed by atoms with Gasteiger partial charge in [-0.3, -0.25) is 0 Å². The van der Waals surface area contributed by atoms with E-state index in [1.54, 1.807) is 0 Å². The zero-order chi connectivity index (χ0) is 24.1. The Bertz CT molecular complexity index is 1600. The molecule has 0 amide bonds. The van der Waals surface area contributed by atoms with Crippen molar-refractivity contribution in [2.75, 3.05) is 5.32 Å². The number of hydrogen-bond donors (Lipinski definition) is 1. The van der Waals surface area contributed by atoms with Crippen LogP contribution in [0.2, 0.25) is 0 Å². The molecule has 0 unspecified atom stereocenters. The SMILES string of the molecule is Fc1ccc(N[C@H]2c3cc4ccccc4cc3[C@H]3C(c4ccccc4-c4ccccc4)=CC[C@H]32)cc1. The van der Waals surface area contributed by atoms with Crippen molar-refractivity contribution in [3.63, 3.8) is 0 Å². The number of allylic oxidation sites excluding steroid dienone is 2. The van der Waals surface area contributed by atoms with E-state index in [9.17, 15) is 4.39 Å². The van der Waals surface area contributed by atoms with Crippen LogP contribution < -0.4 is 5.32 Å². The zero-order valence-electron chi connectivity index (χ0n) is 19.9. The van der Waals surface area contributed by atoms with Gasteiger partial charge in [-0.1, -0.05) is 91.0 Å². The molecule has 1 N–H and O–H groups in total. The predicted molar refractivity (Wildman–Crippen MR) is 147 cm³/mol. The molecule has 174 valence electrons. The highest BCUT2D eigenvalue weighted by Crippen LogP contribution is 2.58. The van der Waals surface area contributed by atoms with Crippen LogP contribution in [0.25, 0.3) is 27.5 Å². The lowest BCUT2D eigenvalue weighted by Gasteiger charge is -2.24. The van der Waals surface area contributed by atoms with Crippen LogP contribution in [0.15, 0.2) is 121 Å². The highest BCUT2D eigenvalue weighted by atomic mass is 19.1. The molecule has 0 spiro atoms. The summed E-state index contributed by atoms with van der Waals surface area (Å²) in [5, 5.41) is 6.32. The van der Waals surface area contributed by atoms with Gasteiger partial charge in [0.2, 0.25) is 0 Å². The van der Waals surface area contributed by atoms with E-state index in [4.69, 9.17) is 0 Å². The number of rotatable bonds is 4. The fraction of sp³-hybridized carbons (Fsp3) is 0.118. The topological polar surface area (TPSA) is 12.0 Å². The molecule has 1 nitrogen and oxygen atoms in total. The maximum atomic E-state index is 13.6. The van der Waals surface area contributed by atoms with Gasteiger partial charge in [-0.2, -0.15) is 0 Å². The average molecular weight is 468 g/mol. The van der Waals surface area contributed by atoms with Crippen LogP contribution in [0, 0.1) is 11.7 Å². The summed E-state index contributed by atoms with van der Waals surface area (Å²) in [6.45, 7) is 0. The second kappa shape index (κ2) is 8.49. The van der Waals surface area contributed by atoms with E-state index in [1.807, 2.05) is 12.1 Å². The molecule has 0 radical (unpaired) electrons. The summed E-state index contributed by atoms with van der Waals surface area (Å²) in [6, 6.07) is 39.8. The van der Waals surface area contributed by atoms with Crippen molar-refractivity contribution in [1.29, 1.82) is 0 Å². The highest BCUT2D eigenvalue weighted by Gasteiger charge is 2.45. The first kappa shape index (κ1) is 21.1. The summed E-state index contributed by atoms with van der Waals surface area (Å²) in [5.74, 6) is 0.506. The summed E-state index contributed by atoms with van der Waals surface area (Å²) in [6.07, 6.45) is 3.46. The summed E-state index contributed by atoms with van der Waals surface area (Å²) < 4.78 is 13.6. The lowest BCUT2D eigenvalue weighted by molar-refractivity contribution is 0.489. The Morgan fingerprint density at radius 2 is 1.28 bits per heavy atom. The number of halogens is 1. The van der Waals surface area contributed by atoms with E-state index in [-0.39, 0.29) is 11.9 Å². The van der Waals surface area contributed by atoms with Crippen LogP contribution in [0.4, 0.5) is 10.1 Å². The van der Waals surface area contributed by atoms with Crippen LogP contribution in [0.3, 0.4) is 0 Å². The Morgan fingerprint density at radius 1 is 0.639 bits per heavy atom. The van der Waals surface area contributed by atoms with Gasteiger partial charge in [0.1, 0.15) is 5.82 Å². The molecular weight excluding hydrogens is 441 g/mol. The normalized spacial score (nSPS) is 20.1. The zero-order valence-corrected chi connectivity index (χ0v) is 19.9. The van der Waals surface area contributed by atoms with Crippen molar-refractivity contribution in [3.05, 3.63) is 144 Å². The Balaban J connectivity index is 1.36. The second-order valence-corrected chi connectivity index (χ2v) is 9.91. The standard InChI is InChI=1S/C34H26FN/c35-25-14-16-26(17-15-25)36-34-30-19-18-29(28-13-7-6-12-27(28)22-8-2-1-3-9-22)33(30)31-20-23-10-4-5-11-24(23)21-32(31)34/h1-18,20-21,30,33-34,36H,19H2/t30-,33+,34-/m1/s1. The van der Waals surface area contributed by atoms with Gasteiger partial charge < -0.3 is 5.32 Å². The Morgan fingerprint density at radius 3 is 2.03 bits per heavy atom. The minimum absolute atomic E-state index is 0.165. The maximum Gasteiger partial charge on any atom is 0.123 e. The van der Waals surface area contributed by atoms with Crippen molar-refractivity contribution in [2.45, 2.75) is 18.4 Å². The number of hydrogen-bond acceptors (Lipinski definition) is 1. The van der Waals surface area contributed by atoms with Crippen LogP contribution in [-0.2, 0) is 0 Å². The number of anilines is 1. The third kappa shape index (κ3) is 3.45. The monoisotopic (exact) mass is 467 g/mol. The molecule has 2 aliphatic rings. The van der Waals surface area contributed by atoms with Crippen molar-refractivity contribution in [3.8, 4) is 11.1 Å². The molecule has 7 rings (SSSR count). The largest absolute Gasteiger partial charge is 0.378 e. The van der Waals surface area contributed by atoms with Gasteiger partial charge in [-0.05, 0) is 86.8 Å². The van der Waals surface area contributed by atoms with E-state index in [0.717, 1.165) is 12.1 Å². The van der Waals surface area contributed by atoms with Gasteiger partial charge in [0, 0.05) is 11.6 Å². The molecule has 36 heavy (non-hydrogen) atoms. The average Bonchev–Trinajstić information content (AvgIpc) is 3.48. The molecule has 2 aliphatic carbocycles. The smallest absolute Gasteiger partial charge is 0.123 e. The first-order chi connectivity index (χ1) is 17.8. The van der Waals surface area contributed by atoms with Crippen LogP contribution in [0.5, 0.6) is 0 Å². The third-order valence-electron chi connectivity index (χ3n) is 7.91. The maximum absolute atomic E-state index is 13.6. The fourth-order valence-corrected chi connectivity index (χ4v) is 6.32. The van der Waals surface area contributed by atoms with E-state index >= 15 is 0 Å². The molecular formula is C34H26FN. The van der Waals surface area contributed by atoms with E-state index in [2.05, 4.69) is 102 Å². The van der Waals surface area contributed by atoms with Gasteiger partial charge in [-0.25, -0.2) is 4.39 Å². The predicted octanol–water partition coefficient (Wildman–Crippen LogP) is 9.00. The molecule has 0 bridgehead atoms.